The number of nitrogens with two attached hydrogens (primary N) is 1. The van der Waals surface area contributed by atoms with E-state index in [-0.39, 0.29) is 22.4 Å². The molecule has 4 fully saturated rings. The second-order valence-electron chi connectivity index (χ2n) is 12.2. The Hall–Kier alpha value is -3.22. The summed E-state index contributed by atoms with van der Waals surface area (Å²) in [5.74, 6) is 0.998. The number of hydrogen-bond acceptors (Lipinski definition) is 11. The molecule has 7 rings (SSSR count). The average Bonchev–Trinajstić information content (AvgIpc) is 3.12. The van der Waals surface area contributed by atoms with E-state index in [0.717, 1.165) is 50.6 Å². The van der Waals surface area contributed by atoms with Gasteiger partial charge in [-0.3, -0.25) is 4.90 Å². The normalized spacial score (nSPS) is 27.5. The van der Waals surface area contributed by atoms with Gasteiger partial charge in [0, 0.05) is 49.9 Å². The third-order valence-corrected chi connectivity index (χ3v) is 10.6. The maximum Gasteiger partial charge on any atom is 0.323 e. The highest BCUT2D eigenvalue weighted by atomic mass is 32.1. The van der Waals surface area contributed by atoms with Gasteiger partial charge in [0.25, 0.3) is 0 Å². The average molecular weight is 550 g/mol. The summed E-state index contributed by atoms with van der Waals surface area (Å²) >= 11 is 1.54. The molecule has 39 heavy (non-hydrogen) atoms. The number of aryl methyl sites for hydroxylation is 1. The van der Waals surface area contributed by atoms with Gasteiger partial charge in [-0.15, -0.1) is 11.3 Å². The minimum atomic E-state index is -0.830. The number of alkyl halides is 1. The summed E-state index contributed by atoms with van der Waals surface area (Å²) in [6, 6.07) is 5.00. The maximum atomic E-state index is 14.3. The number of hydrogen-bond donors (Lipinski definition) is 1. The molecule has 2 atom stereocenters. The summed E-state index contributed by atoms with van der Waals surface area (Å²) in [7, 11) is 1.90. The second-order valence-corrected chi connectivity index (χ2v) is 13.4. The first kappa shape index (κ1) is 24.8. The topological polar surface area (TPSA) is 131 Å². The van der Waals surface area contributed by atoms with Crippen molar-refractivity contribution < 1.29 is 9.13 Å². The zero-order valence-electron chi connectivity index (χ0n) is 22.1. The number of nitriles is 2. The molecule has 2 aromatic heterocycles. The van der Waals surface area contributed by atoms with Crippen molar-refractivity contribution in [3.05, 3.63) is 16.0 Å². The fourth-order valence-corrected chi connectivity index (χ4v) is 8.45. The van der Waals surface area contributed by atoms with Gasteiger partial charge in [0.05, 0.1) is 22.6 Å². The first-order chi connectivity index (χ1) is 18.8. The molecule has 3 saturated heterocycles. The van der Waals surface area contributed by atoms with E-state index in [9.17, 15) is 14.9 Å². The number of nitrogen functional groups attached to an aromatic ring is 1. The zero-order valence-corrected chi connectivity index (χ0v) is 22.9. The monoisotopic (exact) mass is 549 g/mol. The smallest absolute Gasteiger partial charge is 0.323 e. The minimum absolute atomic E-state index is 0.115. The molecule has 12 heteroatoms. The van der Waals surface area contributed by atoms with E-state index in [0.29, 0.717) is 61.7 Å². The number of fused-ring (bicyclic) bond motifs is 3. The van der Waals surface area contributed by atoms with Gasteiger partial charge in [-0.2, -0.15) is 25.5 Å². The van der Waals surface area contributed by atoms with Gasteiger partial charge >= 0.3 is 6.01 Å². The van der Waals surface area contributed by atoms with Gasteiger partial charge in [0.1, 0.15) is 23.8 Å². The highest BCUT2D eigenvalue weighted by Gasteiger charge is 2.53. The predicted octanol–water partition coefficient (Wildman–Crippen LogP) is 2.79. The van der Waals surface area contributed by atoms with Crippen LogP contribution in [0.4, 0.5) is 21.3 Å². The highest BCUT2D eigenvalue weighted by molar-refractivity contribution is 7.16. The van der Waals surface area contributed by atoms with Crippen LogP contribution in [-0.4, -0.2) is 77.9 Å². The number of nitrogens with zero attached hydrogens (tertiary/aromatic N) is 8. The maximum absolute atomic E-state index is 14.3. The van der Waals surface area contributed by atoms with Crippen LogP contribution >= 0.6 is 11.3 Å². The molecule has 1 saturated carbocycles. The lowest BCUT2D eigenvalue weighted by atomic mass is 9.74. The molecular formula is C27H32FN9OS. The van der Waals surface area contributed by atoms with Gasteiger partial charge < -0.3 is 20.3 Å². The molecule has 5 aliphatic rings. The van der Waals surface area contributed by atoms with E-state index in [2.05, 4.69) is 26.9 Å². The molecule has 2 aromatic rings. The fraction of sp³-hybridized carbons (Fsp3) is 0.667. The van der Waals surface area contributed by atoms with Crippen molar-refractivity contribution in [2.24, 2.45) is 5.41 Å². The Morgan fingerprint density at radius 3 is 2.77 bits per heavy atom. The SMILES string of the molecule is CN(CC1(C#N)CC1)c1nc(OC[C@@]23CCCN2C[C@H](F)C3)nc(N2CC3(CCc4sc(N)c(C#N)c43)C2)n1. The molecule has 0 radical (unpaired) electrons. The number of aromatic nitrogens is 3. The zero-order chi connectivity index (χ0) is 27.0. The molecular weight excluding hydrogens is 517 g/mol. The lowest BCUT2D eigenvalue weighted by Crippen LogP contribution is -2.59. The lowest BCUT2D eigenvalue weighted by Gasteiger charge is -2.48. The number of ether oxygens (including phenoxy) is 1. The number of thiophene rings is 1. The van der Waals surface area contributed by atoms with Crippen LogP contribution in [-0.2, 0) is 11.8 Å². The quantitative estimate of drug-likeness (QED) is 0.550. The molecule has 0 aromatic carbocycles. The lowest BCUT2D eigenvalue weighted by molar-refractivity contribution is 0.107. The summed E-state index contributed by atoms with van der Waals surface area (Å²) in [6.45, 7) is 3.63. The fourth-order valence-electron chi connectivity index (χ4n) is 7.31. The summed E-state index contributed by atoms with van der Waals surface area (Å²) in [5.41, 5.74) is 7.13. The molecule has 0 bridgehead atoms. The van der Waals surface area contributed by atoms with E-state index < -0.39 is 6.17 Å². The minimum Gasteiger partial charge on any atom is -0.461 e. The number of halogens is 1. The summed E-state index contributed by atoms with van der Waals surface area (Å²) in [5, 5.41) is 20.0. The van der Waals surface area contributed by atoms with Crippen molar-refractivity contribution in [2.75, 3.05) is 61.9 Å². The van der Waals surface area contributed by atoms with Gasteiger partial charge in [-0.1, -0.05) is 0 Å². The van der Waals surface area contributed by atoms with E-state index in [1.807, 2.05) is 11.9 Å². The summed E-state index contributed by atoms with van der Waals surface area (Å²) in [4.78, 5) is 21.6. The van der Waals surface area contributed by atoms with Crippen LogP contribution in [0.1, 0.15) is 54.5 Å². The van der Waals surface area contributed by atoms with E-state index in [1.165, 1.54) is 16.2 Å². The third-order valence-electron chi connectivity index (χ3n) is 9.55. The molecule has 5 heterocycles. The van der Waals surface area contributed by atoms with Crippen LogP contribution in [0.5, 0.6) is 6.01 Å². The summed E-state index contributed by atoms with van der Waals surface area (Å²) < 4.78 is 20.5. The van der Waals surface area contributed by atoms with Crippen LogP contribution in [0.25, 0.3) is 0 Å². The Morgan fingerprint density at radius 1 is 1.21 bits per heavy atom. The molecule has 0 unspecified atom stereocenters. The van der Waals surface area contributed by atoms with Crippen molar-refractivity contribution in [3.8, 4) is 18.1 Å². The molecule has 10 nitrogen and oxygen atoms in total. The molecule has 204 valence electrons. The van der Waals surface area contributed by atoms with Gasteiger partial charge in [0.2, 0.25) is 11.9 Å². The Bertz CT molecular complexity index is 1410. The van der Waals surface area contributed by atoms with Crippen molar-refractivity contribution in [2.45, 2.75) is 62.1 Å². The predicted molar refractivity (Wildman–Crippen MR) is 145 cm³/mol. The van der Waals surface area contributed by atoms with Crippen molar-refractivity contribution in [1.29, 1.82) is 10.5 Å². The Kier molecular flexibility index (Phi) is 5.49. The van der Waals surface area contributed by atoms with Gasteiger partial charge in [0.15, 0.2) is 0 Å². The van der Waals surface area contributed by atoms with E-state index in [1.54, 1.807) is 0 Å². The van der Waals surface area contributed by atoms with E-state index >= 15 is 0 Å². The van der Waals surface area contributed by atoms with Crippen LogP contribution in [0.3, 0.4) is 0 Å². The summed E-state index contributed by atoms with van der Waals surface area (Å²) in [6.07, 6.45) is 5.26. The first-order valence-corrected chi connectivity index (χ1v) is 14.6. The number of rotatable bonds is 7. The van der Waals surface area contributed by atoms with Crippen LogP contribution in [0.2, 0.25) is 0 Å². The Labute approximate surface area is 231 Å². The highest BCUT2D eigenvalue weighted by Crippen LogP contribution is 2.52. The molecule has 2 N–H and O–H groups in total. The van der Waals surface area contributed by atoms with Crippen molar-refractivity contribution in [3.63, 3.8) is 0 Å². The first-order valence-electron chi connectivity index (χ1n) is 13.7. The Morgan fingerprint density at radius 2 is 2.03 bits per heavy atom. The van der Waals surface area contributed by atoms with Crippen LogP contribution < -0.4 is 20.3 Å². The second kappa shape index (κ2) is 8.64. The molecule has 0 amide bonds. The molecule has 2 aliphatic carbocycles. The molecule has 1 spiro atoms. The Balaban J connectivity index is 1.15. The van der Waals surface area contributed by atoms with Crippen LogP contribution in [0, 0.1) is 28.1 Å². The van der Waals surface area contributed by atoms with Crippen molar-refractivity contribution in [1.82, 2.24) is 19.9 Å². The standard InChI is InChI=1S/C27H32FN9OS/c1-35(13-25(12-30)6-7-25)22-32-23(34-24(33-22)38-16-27-4-2-8-37(27)11-17(28)9-27)36-14-26(15-36)5-3-19-20(26)18(10-29)21(31)39-19/h17H,2-9,11,13-16,31H2,1H3/t17-,27+/m1/s1. The molecule has 3 aliphatic heterocycles. The third kappa shape index (κ3) is 3.91. The van der Waals surface area contributed by atoms with E-state index in [4.69, 9.17) is 20.4 Å². The van der Waals surface area contributed by atoms with Crippen LogP contribution in [0.15, 0.2) is 0 Å². The number of anilines is 3. The largest absolute Gasteiger partial charge is 0.461 e. The van der Waals surface area contributed by atoms with Crippen molar-refractivity contribution >= 4 is 28.2 Å². The van der Waals surface area contributed by atoms with Gasteiger partial charge in [-0.25, -0.2) is 4.39 Å². The van der Waals surface area contributed by atoms with Gasteiger partial charge in [-0.05, 0) is 50.6 Å².